The standard InChI is InChI=1S/C10H20N2O3S/c1-8-9(4-6-11-8)10(13)12-5-3-7-16(2,14)15/h8-9,11H,3-7H2,1-2H3,(H,12,13). The van der Waals surface area contributed by atoms with Crippen LogP contribution in [0.15, 0.2) is 0 Å². The van der Waals surface area contributed by atoms with Crippen LogP contribution in [0.2, 0.25) is 0 Å². The van der Waals surface area contributed by atoms with Crippen LogP contribution in [-0.2, 0) is 14.6 Å². The first-order valence-electron chi connectivity index (χ1n) is 5.59. The summed E-state index contributed by atoms with van der Waals surface area (Å²) in [6.45, 7) is 3.31. The van der Waals surface area contributed by atoms with Crippen molar-refractivity contribution in [2.75, 3.05) is 25.1 Å². The molecule has 1 heterocycles. The summed E-state index contributed by atoms with van der Waals surface area (Å²) in [5, 5.41) is 5.99. The highest BCUT2D eigenvalue weighted by Gasteiger charge is 2.28. The maximum Gasteiger partial charge on any atom is 0.224 e. The summed E-state index contributed by atoms with van der Waals surface area (Å²) in [5.41, 5.74) is 0. The van der Waals surface area contributed by atoms with Crippen LogP contribution in [-0.4, -0.2) is 45.5 Å². The number of hydrogen-bond donors (Lipinski definition) is 2. The molecule has 2 atom stereocenters. The Bertz CT molecular complexity index is 340. The second-order valence-electron chi connectivity index (χ2n) is 4.41. The highest BCUT2D eigenvalue weighted by atomic mass is 32.2. The molecule has 5 nitrogen and oxygen atoms in total. The van der Waals surface area contributed by atoms with Gasteiger partial charge in [0.15, 0.2) is 0 Å². The van der Waals surface area contributed by atoms with E-state index in [1.807, 2.05) is 6.92 Å². The number of hydrogen-bond acceptors (Lipinski definition) is 4. The molecule has 94 valence electrons. The van der Waals surface area contributed by atoms with Gasteiger partial charge in [-0.3, -0.25) is 4.79 Å². The zero-order valence-electron chi connectivity index (χ0n) is 9.82. The molecule has 0 aromatic rings. The SMILES string of the molecule is CC1NCCC1C(=O)NCCCS(C)(=O)=O. The molecule has 1 aliphatic rings. The molecular formula is C10H20N2O3S. The fourth-order valence-electron chi connectivity index (χ4n) is 1.89. The van der Waals surface area contributed by atoms with E-state index in [0.29, 0.717) is 13.0 Å². The number of carbonyl (C=O) groups excluding carboxylic acids is 1. The second kappa shape index (κ2) is 5.63. The molecule has 0 spiro atoms. The van der Waals surface area contributed by atoms with Gasteiger partial charge in [0.1, 0.15) is 9.84 Å². The Morgan fingerprint density at radius 1 is 1.50 bits per heavy atom. The van der Waals surface area contributed by atoms with Crippen LogP contribution >= 0.6 is 0 Å². The van der Waals surface area contributed by atoms with E-state index in [0.717, 1.165) is 13.0 Å². The third-order valence-electron chi connectivity index (χ3n) is 2.85. The monoisotopic (exact) mass is 248 g/mol. The predicted molar refractivity (Wildman–Crippen MR) is 62.9 cm³/mol. The minimum Gasteiger partial charge on any atom is -0.356 e. The fourth-order valence-corrected chi connectivity index (χ4v) is 2.56. The highest BCUT2D eigenvalue weighted by molar-refractivity contribution is 7.90. The smallest absolute Gasteiger partial charge is 0.224 e. The number of nitrogens with one attached hydrogen (secondary N) is 2. The van der Waals surface area contributed by atoms with E-state index < -0.39 is 9.84 Å². The Morgan fingerprint density at radius 3 is 2.69 bits per heavy atom. The van der Waals surface area contributed by atoms with Gasteiger partial charge in [-0.2, -0.15) is 0 Å². The molecular weight excluding hydrogens is 228 g/mol. The summed E-state index contributed by atoms with van der Waals surface area (Å²) in [5.74, 6) is 0.190. The van der Waals surface area contributed by atoms with Gasteiger partial charge in [-0.15, -0.1) is 0 Å². The van der Waals surface area contributed by atoms with Gasteiger partial charge in [-0.25, -0.2) is 8.42 Å². The van der Waals surface area contributed by atoms with E-state index in [1.54, 1.807) is 0 Å². The van der Waals surface area contributed by atoms with Gasteiger partial charge in [-0.05, 0) is 26.3 Å². The number of sulfone groups is 1. The predicted octanol–water partition coefficient (Wildman–Crippen LogP) is -0.465. The third kappa shape index (κ3) is 4.49. The van der Waals surface area contributed by atoms with Crippen molar-refractivity contribution < 1.29 is 13.2 Å². The maximum atomic E-state index is 11.7. The van der Waals surface area contributed by atoms with Crippen molar-refractivity contribution in [3.8, 4) is 0 Å². The molecule has 1 saturated heterocycles. The Labute approximate surface area is 96.9 Å². The summed E-state index contributed by atoms with van der Waals surface area (Å²) in [7, 11) is -2.92. The lowest BCUT2D eigenvalue weighted by atomic mass is 10.0. The zero-order valence-corrected chi connectivity index (χ0v) is 10.6. The minimum absolute atomic E-state index is 0.0261. The summed E-state index contributed by atoms with van der Waals surface area (Å²) in [6.07, 6.45) is 2.55. The maximum absolute atomic E-state index is 11.7. The van der Waals surface area contributed by atoms with Gasteiger partial charge in [0.2, 0.25) is 5.91 Å². The van der Waals surface area contributed by atoms with E-state index >= 15 is 0 Å². The van der Waals surface area contributed by atoms with Crippen LogP contribution < -0.4 is 10.6 Å². The van der Waals surface area contributed by atoms with Gasteiger partial charge < -0.3 is 10.6 Å². The van der Waals surface area contributed by atoms with Gasteiger partial charge in [0.05, 0.1) is 11.7 Å². The number of carbonyl (C=O) groups is 1. The Hall–Kier alpha value is -0.620. The summed E-state index contributed by atoms with van der Waals surface area (Å²) in [6, 6.07) is 0.218. The molecule has 0 radical (unpaired) electrons. The number of rotatable bonds is 5. The minimum atomic E-state index is -2.92. The lowest BCUT2D eigenvalue weighted by Gasteiger charge is -2.14. The van der Waals surface area contributed by atoms with Crippen LogP contribution in [0, 0.1) is 5.92 Å². The second-order valence-corrected chi connectivity index (χ2v) is 6.67. The first-order chi connectivity index (χ1) is 7.40. The molecule has 0 aromatic carbocycles. The van der Waals surface area contributed by atoms with Crippen molar-refractivity contribution in [2.24, 2.45) is 5.92 Å². The lowest BCUT2D eigenvalue weighted by Crippen LogP contribution is -2.37. The van der Waals surface area contributed by atoms with Crippen molar-refractivity contribution in [3.63, 3.8) is 0 Å². The molecule has 0 aliphatic carbocycles. The molecule has 1 amide bonds. The van der Waals surface area contributed by atoms with E-state index in [2.05, 4.69) is 10.6 Å². The van der Waals surface area contributed by atoms with Crippen molar-refractivity contribution in [1.29, 1.82) is 0 Å². The molecule has 1 fully saturated rings. The first-order valence-corrected chi connectivity index (χ1v) is 7.65. The van der Waals surface area contributed by atoms with Crippen LogP contribution in [0.5, 0.6) is 0 Å². The van der Waals surface area contributed by atoms with Crippen molar-refractivity contribution in [2.45, 2.75) is 25.8 Å². The van der Waals surface area contributed by atoms with E-state index in [-0.39, 0.29) is 23.6 Å². The van der Waals surface area contributed by atoms with E-state index in [9.17, 15) is 13.2 Å². The topological polar surface area (TPSA) is 75.3 Å². The van der Waals surface area contributed by atoms with Crippen molar-refractivity contribution >= 4 is 15.7 Å². The molecule has 2 N–H and O–H groups in total. The highest BCUT2D eigenvalue weighted by Crippen LogP contribution is 2.14. The molecule has 16 heavy (non-hydrogen) atoms. The average molecular weight is 248 g/mol. The molecule has 6 heteroatoms. The van der Waals surface area contributed by atoms with E-state index in [1.165, 1.54) is 6.26 Å². The molecule has 1 rings (SSSR count). The van der Waals surface area contributed by atoms with Gasteiger partial charge in [-0.1, -0.05) is 0 Å². The van der Waals surface area contributed by atoms with Gasteiger partial charge in [0, 0.05) is 18.8 Å². The summed E-state index contributed by atoms with van der Waals surface area (Å²) in [4.78, 5) is 11.7. The normalized spacial score (nSPS) is 25.6. The first kappa shape index (κ1) is 13.4. The summed E-state index contributed by atoms with van der Waals surface area (Å²) < 4.78 is 21.7. The Balaban J connectivity index is 2.20. The third-order valence-corrected chi connectivity index (χ3v) is 3.88. The van der Waals surface area contributed by atoms with Crippen LogP contribution in [0.25, 0.3) is 0 Å². The Morgan fingerprint density at radius 2 is 2.19 bits per heavy atom. The van der Waals surface area contributed by atoms with Gasteiger partial charge >= 0.3 is 0 Å². The van der Waals surface area contributed by atoms with Crippen LogP contribution in [0.3, 0.4) is 0 Å². The molecule has 0 aromatic heterocycles. The Kier molecular flexibility index (Phi) is 4.73. The molecule has 0 saturated carbocycles. The fraction of sp³-hybridized carbons (Fsp3) is 0.900. The number of amides is 1. The molecule has 0 bridgehead atoms. The molecule has 2 unspecified atom stereocenters. The molecule has 1 aliphatic heterocycles. The summed E-state index contributed by atoms with van der Waals surface area (Å²) >= 11 is 0. The quantitative estimate of drug-likeness (QED) is 0.645. The largest absolute Gasteiger partial charge is 0.356 e. The van der Waals surface area contributed by atoms with E-state index in [4.69, 9.17) is 0 Å². The average Bonchev–Trinajstić information content (AvgIpc) is 2.57. The van der Waals surface area contributed by atoms with Crippen LogP contribution in [0.1, 0.15) is 19.8 Å². The van der Waals surface area contributed by atoms with Crippen molar-refractivity contribution in [1.82, 2.24) is 10.6 Å². The van der Waals surface area contributed by atoms with Gasteiger partial charge in [0.25, 0.3) is 0 Å². The zero-order chi connectivity index (χ0) is 12.2. The van der Waals surface area contributed by atoms with Crippen molar-refractivity contribution in [3.05, 3.63) is 0 Å². The van der Waals surface area contributed by atoms with Crippen LogP contribution in [0.4, 0.5) is 0 Å². The lowest BCUT2D eigenvalue weighted by molar-refractivity contribution is -0.125.